The van der Waals surface area contributed by atoms with Gasteiger partial charge in [-0.2, -0.15) is 0 Å². The van der Waals surface area contributed by atoms with Gasteiger partial charge in [0.05, 0.1) is 0 Å². The summed E-state index contributed by atoms with van der Waals surface area (Å²) in [5, 5.41) is 0.661. The number of benzene rings is 2. The Kier molecular flexibility index (Phi) is 6.38. The minimum Gasteiger partial charge on any atom is -0.371 e. The summed E-state index contributed by atoms with van der Waals surface area (Å²) in [4.78, 5) is 30.0. The van der Waals surface area contributed by atoms with Gasteiger partial charge in [-0.15, -0.1) is 0 Å². The Balaban J connectivity index is 1.38. The van der Waals surface area contributed by atoms with Gasteiger partial charge >= 0.3 is 0 Å². The molecule has 0 N–H and O–H groups in total. The zero-order chi connectivity index (χ0) is 22.0. The van der Waals surface area contributed by atoms with Crippen LogP contribution in [-0.4, -0.2) is 31.3 Å². The van der Waals surface area contributed by atoms with Crippen LogP contribution in [0.5, 0.6) is 0 Å². The lowest BCUT2D eigenvalue weighted by molar-refractivity contribution is -0.128. The number of hydrogen-bond acceptors (Lipinski definition) is 3. The van der Waals surface area contributed by atoms with Crippen molar-refractivity contribution < 1.29 is 9.59 Å². The molecule has 2 aliphatic rings. The molecule has 0 spiro atoms. The first-order chi connectivity index (χ1) is 14.8. The lowest BCUT2D eigenvalue weighted by atomic mass is 9.90. The third-order valence-corrected chi connectivity index (χ3v) is 6.79. The van der Waals surface area contributed by atoms with Crippen LogP contribution in [0.25, 0.3) is 0 Å². The molecule has 0 bridgehead atoms. The van der Waals surface area contributed by atoms with Gasteiger partial charge in [-0.1, -0.05) is 37.6 Å². The van der Waals surface area contributed by atoms with Crippen molar-refractivity contribution in [2.24, 2.45) is 11.3 Å². The average Bonchev–Trinajstić information content (AvgIpc) is 3.11. The second-order valence-corrected chi connectivity index (χ2v) is 10.2. The summed E-state index contributed by atoms with van der Waals surface area (Å²) in [5.74, 6) is -0.0483. The molecule has 2 heterocycles. The molecule has 31 heavy (non-hydrogen) atoms. The van der Waals surface area contributed by atoms with E-state index in [0.29, 0.717) is 23.3 Å². The van der Waals surface area contributed by atoms with Crippen LogP contribution in [0.1, 0.15) is 45.1 Å². The first kappa shape index (κ1) is 21.9. The molecule has 4 rings (SSSR count). The largest absolute Gasteiger partial charge is 0.371 e. The van der Waals surface area contributed by atoms with Gasteiger partial charge in [0.25, 0.3) is 0 Å². The van der Waals surface area contributed by atoms with Gasteiger partial charge in [0.15, 0.2) is 0 Å². The van der Waals surface area contributed by atoms with Gasteiger partial charge in [-0.3, -0.25) is 9.59 Å². The molecule has 4 nitrogen and oxygen atoms in total. The SMILES string of the molecule is CC1(C)CCN(c2ccc(N3CCC[C@@H](CC(=O)Cc4ccc(Cl)cc4)C3=O)cc2)C1. The minimum absolute atomic E-state index is 0.0748. The number of ketones is 1. The first-order valence-electron chi connectivity index (χ1n) is 11.2. The zero-order valence-corrected chi connectivity index (χ0v) is 19.2. The molecule has 2 aliphatic heterocycles. The summed E-state index contributed by atoms with van der Waals surface area (Å²) in [6.45, 7) is 7.47. The molecule has 5 heteroatoms. The normalized spacial score (nSPS) is 20.9. The molecule has 0 unspecified atom stereocenters. The smallest absolute Gasteiger partial charge is 0.230 e. The van der Waals surface area contributed by atoms with Crippen molar-refractivity contribution >= 4 is 34.7 Å². The van der Waals surface area contributed by atoms with Crippen LogP contribution in [0.2, 0.25) is 5.02 Å². The van der Waals surface area contributed by atoms with Crippen molar-refractivity contribution in [1.82, 2.24) is 0 Å². The summed E-state index contributed by atoms with van der Waals surface area (Å²) in [6, 6.07) is 15.7. The summed E-state index contributed by atoms with van der Waals surface area (Å²) < 4.78 is 0. The lowest BCUT2D eigenvalue weighted by Crippen LogP contribution is -2.42. The van der Waals surface area contributed by atoms with Gasteiger partial charge in [-0.05, 0) is 66.6 Å². The van der Waals surface area contributed by atoms with Crippen LogP contribution < -0.4 is 9.80 Å². The molecule has 164 valence electrons. The van der Waals surface area contributed by atoms with E-state index in [1.165, 1.54) is 12.1 Å². The van der Waals surface area contributed by atoms with Crippen LogP contribution >= 0.6 is 11.6 Å². The number of halogens is 1. The van der Waals surface area contributed by atoms with E-state index in [2.05, 4.69) is 43.0 Å². The second-order valence-electron chi connectivity index (χ2n) is 9.73. The van der Waals surface area contributed by atoms with Crippen molar-refractivity contribution in [2.75, 3.05) is 29.4 Å². The van der Waals surface area contributed by atoms with E-state index in [0.717, 1.165) is 43.7 Å². The highest BCUT2D eigenvalue weighted by Gasteiger charge is 2.32. The standard InChI is InChI=1S/C26H31ClN2O2/c1-26(2)13-15-28(18-26)22-9-11-23(12-10-22)29-14-3-4-20(25(29)31)17-24(30)16-19-5-7-21(27)8-6-19/h5-12,20H,3-4,13-18H2,1-2H3/t20-/m0/s1. The van der Waals surface area contributed by atoms with E-state index in [4.69, 9.17) is 11.6 Å². The molecule has 0 radical (unpaired) electrons. The highest BCUT2D eigenvalue weighted by Crippen LogP contribution is 2.34. The van der Waals surface area contributed by atoms with Crippen molar-refractivity contribution in [3.63, 3.8) is 0 Å². The van der Waals surface area contributed by atoms with Crippen LogP contribution in [0, 0.1) is 11.3 Å². The van der Waals surface area contributed by atoms with Crippen molar-refractivity contribution in [1.29, 1.82) is 0 Å². The molecule has 2 saturated heterocycles. The third kappa shape index (κ3) is 5.30. The summed E-state index contributed by atoms with van der Waals surface area (Å²) >= 11 is 5.92. The van der Waals surface area contributed by atoms with Gasteiger partial charge in [-0.25, -0.2) is 0 Å². The quantitative estimate of drug-likeness (QED) is 0.596. The Bertz CT molecular complexity index is 937. The minimum atomic E-state index is -0.229. The lowest BCUT2D eigenvalue weighted by Gasteiger charge is -2.32. The predicted molar refractivity (Wildman–Crippen MR) is 127 cm³/mol. The number of carbonyl (C=O) groups excluding carboxylic acids is 2. The van der Waals surface area contributed by atoms with Crippen molar-refractivity contribution in [2.45, 2.75) is 46.0 Å². The number of Topliss-reactive ketones (excluding diaryl/α,β-unsaturated/α-hetero) is 1. The Morgan fingerprint density at radius 1 is 1.03 bits per heavy atom. The van der Waals surface area contributed by atoms with Gasteiger partial charge < -0.3 is 9.80 Å². The first-order valence-corrected chi connectivity index (χ1v) is 11.6. The molecule has 1 atom stereocenters. The van der Waals surface area contributed by atoms with Crippen LogP contribution in [0.3, 0.4) is 0 Å². The molecule has 0 saturated carbocycles. The van der Waals surface area contributed by atoms with Crippen LogP contribution in [0.15, 0.2) is 48.5 Å². The maximum absolute atomic E-state index is 13.1. The molecule has 1 amide bonds. The van der Waals surface area contributed by atoms with E-state index in [1.807, 2.05) is 17.0 Å². The maximum Gasteiger partial charge on any atom is 0.230 e. The molecule has 2 aromatic carbocycles. The monoisotopic (exact) mass is 438 g/mol. The van der Waals surface area contributed by atoms with Gasteiger partial charge in [0.2, 0.25) is 5.91 Å². The fraction of sp³-hybridized carbons (Fsp3) is 0.462. The number of nitrogens with zero attached hydrogens (tertiary/aromatic N) is 2. The molecular formula is C26H31ClN2O2. The van der Waals surface area contributed by atoms with Crippen LogP contribution in [-0.2, 0) is 16.0 Å². The van der Waals surface area contributed by atoms with E-state index >= 15 is 0 Å². The number of rotatable bonds is 6. The predicted octanol–water partition coefficient (Wildman–Crippen LogP) is 5.52. The van der Waals surface area contributed by atoms with Crippen molar-refractivity contribution in [3.05, 3.63) is 59.1 Å². The number of hydrogen-bond donors (Lipinski definition) is 0. The Morgan fingerprint density at radius 3 is 2.35 bits per heavy atom. The maximum atomic E-state index is 13.1. The fourth-order valence-electron chi connectivity index (χ4n) is 4.75. The van der Waals surface area contributed by atoms with Crippen LogP contribution in [0.4, 0.5) is 11.4 Å². The van der Waals surface area contributed by atoms with Gasteiger partial charge in [0.1, 0.15) is 5.78 Å². The Hall–Kier alpha value is -2.33. The zero-order valence-electron chi connectivity index (χ0n) is 18.4. The summed E-state index contributed by atoms with van der Waals surface area (Å²) in [6.07, 6.45) is 3.56. The molecule has 0 aliphatic carbocycles. The third-order valence-electron chi connectivity index (χ3n) is 6.54. The Morgan fingerprint density at radius 2 is 1.71 bits per heavy atom. The Labute approximate surface area is 190 Å². The van der Waals surface area contributed by atoms with E-state index in [-0.39, 0.29) is 17.6 Å². The highest BCUT2D eigenvalue weighted by atomic mass is 35.5. The summed E-state index contributed by atoms with van der Waals surface area (Å²) in [5.41, 5.74) is 3.44. The molecule has 2 fully saturated rings. The highest BCUT2D eigenvalue weighted by molar-refractivity contribution is 6.30. The number of amides is 1. The molecule has 0 aromatic heterocycles. The second kappa shape index (κ2) is 9.04. The number of anilines is 2. The van der Waals surface area contributed by atoms with E-state index in [9.17, 15) is 9.59 Å². The number of piperidine rings is 1. The van der Waals surface area contributed by atoms with Gasteiger partial charge in [0, 0.05) is 54.8 Å². The average molecular weight is 439 g/mol. The van der Waals surface area contributed by atoms with Crippen molar-refractivity contribution in [3.8, 4) is 0 Å². The number of carbonyl (C=O) groups is 2. The molecule has 2 aromatic rings. The van der Waals surface area contributed by atoms with E-state index < -0.39 is 0 Å². The topological polar surface area (TPSA) is 40.6 Å². The summed E-state index contributed by atoms with van der Waals surface area (Å²) in [7, 11) is 0. The molecular weight excluding hydrogens is 408 g/mol. The fourth-order valence-corrected chi connectivity index (χ4v) is 4.87. The van der Waals surface area contributed by atoms with E-state index in [1.54, 1.807) is 12.1 Å².